The Kier molecular flexibility index (Phi) is 7.72. The molecule has 1 amide bonds. The quantitative estimate of drug-likeness (QED) is 0.230. The maximum atomic E-state index is 14.4. The fourth-order valence-electron chi connectivity index (χ4n) is 5.84. The SMILES string of the molecule is O=C(c1nn(-c2ccc(Cl)cc2Cl)c2c1CCCC/C2=C\c1ccc(F)cc1)N1CCCCC1c1ccccn1. The van der Waals surface area contributed by atoms with Crippen LogP contribution in [0.3, 0.4) is 0 Å². The van der Waals surface area contributed by atoms with E-state index in [0.29, 0.717) is 28.0 Å². The average molecular weight is 576 g/mol. The number of hydrogen-bond acceptors (Lipinski definition) is 3. The van der Waals surface area contributed by atoms with Crippen molar-refractivity contribution in [3.05, 3.63) is 111 Å². The van der Waals surface area contributed by atoms with Crippen molar-refractivity contribution >= 4 is 40.8 Å². The molecule has 2 aromatic carbocycles. The van der Waals surface area contributed by atoms with Gasteiger partial charge in [-0.2, -0.15) is 5.10 Å². The number of hydrogen-bond donors (Lipinski definition) is 0. The molecule has 1 atom stereocenters. The predicted molar refractivity (Wildman–Crippen MR) is 157 cm³/mol. The molecule has 3 heterocycles. The van der Waals surface area contributed by atoms with Crippen molar-refractivity contribution in [2.75, 3.05) is 6.54 Å². The molecule has 1 saturated heterocycles. The first-order valence-electron chi connectivity index (χ1n) is 13.8. The van der Waals surface area contributed by atoms with Crippen LogP contribution < -0.4 is 0 Å². The van der Waals surface area contributed by atoms with E-state index in [-0.39, 0.29) is 17.8 Å². The van der Waals surface area contributed by atoms with E-state index in [9.17, 15) is 9.18 Å². The van der Waals surface area contributed by atoms with E-state index in [0.717, 1.165) is 73.0 Å². The zero-order valence-electron chi connectivity index (χ0n) is 22.0. The molecule has 8 heteroatoms. The summed E-state index contributed by atoms with van der Waals surface area (Å²) in [5.74, 6) is -0.364. The van der Waals surface area contributed by atoms with Crippen LogP contribution in [-0.4, -0.2) is 32.1 Å². The van der Waals surface area contributed by atoms with Crippen molar-refractivity contribution in [2.24, 2.45) is 0 Å². The van der Waals surface area contributed by atoms with E-state index < -0.39 is 0 Å². The number of rotatable bonds is 4. The molecular formula is C32H29Cl2FN4O. The van der Waals surface area contributed by atoms with Gasteiger partial charge in [0.15, 0.2) is 5.69 Å². The molecule has 40 heavy (non-hydrogen) atoms. The molecule has 4 aromatic rings. The van der Waals surface area contributed by atoms with E-state index in [1.54, 1.807) is 30.5 Å². The van der Waals surface area contributed by atoms with Crippen LogP contribution in [0.5, 0.6) is 0 Å². The van der Waals surface area contributed by atoms with Gasteiger partial charge in [0.05, 0.1) is 28.1 Å². The van der Waals surface area contributed by atoms with Crippen LogP contribution in [0, 0.1) is 5.82 Å². The molecule has 1 fully saturated rings. The molecule has 0 radical (unpaired) electrons. The minimum atomic E-state index is -0.279. The van der Waals surface area contributed by atoms with Crippen molar-refractivity contribution in [3.8, 4) is 5.69 Å². The molecule has 2 aromatic heterocycles. The normalized spacial score (nSPS) is 18.4. The second kappa shape index (κ2) is 11.6. The van der Waals surface area contributed by atoms with E-state index in [1.165, 1.54) is 12.1 Å². The third-order valence-electron chi connectivity index (χ3n) is 7.75. The van der Waals surface area contributed by atoms with Gasteiger partial charge >= 0.3 is 0 Å². The van der Waals surface area contributed by atoms with Gasteiger partial charge in [-0.15, -0.1) is 0 Å². The smallest absolute Gasteiger partial charge is 0.275 e. The Morgan fingerprint density at radius 1 is 0.975 bits per heavy atom. The van der Waals surface area contributed by atoms with E-state index >= 15 is 0 Å². The van der Waals surface area contributed by atoms with Crippen LogP contribution in [-0.2, 0) is 6.42 Å². The number of halogens is 3. The molecule has 204 valence electrons. The van der Waals surface area contributed by atoms with Crippen molar-refractivity contribution in [3.63, 3.8) is 0 Å². The highest BCUT2D eigenvalue weighted by Gasteiger charge is 2.35. The van der Waals surface area contributed by atoms with Crippen molar-refractivity contribution in [2.45, 2.75) is 51.0 Å². The first-order valence-corrected chi connectivity index (χ1v) is 14.5. The standard InChI is InChI=1S/C32H29Cl2FN4O/c33-23-13-16-28(26(34)20-23)39-31-22(19-21-11-14-24(35)15-12-21)7-1-2-8-25(31)30(37-39)32(40)38-18-6-4-10-29(38)27-9-3-5-17-36-27/h3,5,9,11-17,19-20,29H,1-2,4,6-8,10,18H2/b22-19+. The summed E-state index contributed by atoms with van der Waals surface area (Å²) in [6.07, 6.45) is 10.1. The summed E-state index contributed by atoms with van der Waals surface area (Å²) in [5, 5.41) is 5.96. The number of nitrogens with zero attached hydrogens (tertiary/aromatic N) is 4. The van der Waals surface area contributed by atoms with Crippen LogP contribution >= 0.6 is 23.2 Å². The molecule has 6 rings (SSSR count). The summed E-state index contributed by atoms with van der Waals surface area (Å²) < 4.78 is 15.5. The Morgan fingerprint density at radius 2 is 1.80 bits per heavy atom. The number of pyridine rings is 1. The third-order valence-corrected chi connectivity index (χ3v) is 8.29. The second-order valence-electron chi connectivity index (χ2n) is 10.4. The lowest BCUT2D eigenvalue weighted by Crippen LogP contribution is -2.39. The van der Waals surface area contributed by atoms with Crippen LogP contribution in [0.4, 0.5) is 4.39 Å². The number of amides is 1. The predicted octanol–water partition coefficient (Wildman–Crippen LogP) is 8.35. The fourth-order valence-corrected chi connectivity index (χ4v) is 6.33. The largest absolute Gasteiger partial charge is 0.329 e. The molecule has 5 nitrogen and oxygen atoms in total. The molecule has 2 aliphatic rings. The van der Waals surface area contributed by atoms with Gasteiger partial charge in [0.25, 0.3) is 5.91 Å². The number of aromatic nitrogens is 3. The molecule has 1 aliphatic heterocycles. The number of fused-ring (bicyclic) bond motifs is 1. The van der Waals surface area contributed by atoms with Gasteiger partial charge < -0.3 is 4.90 Å². The van der Waals surface area contributed by atoms with Crippen molar-refractivity contribution in [1.82, 2.24) is 19.7 Å². The highest BCUT2D eigenvalue weighted by Crippen LogP contribution is 2.39. The zero-order valence-corrected chi connectivity index (χ0v) is 23.5. The summed E-state index contributed by atoms with van der Waals surface area (Å²) in [4.78, 5) is 20.9. The van der Waals surface area contributed by atoms with Gasteiger partial charge in [-0.3, -0.25) is 9.78 Å². The lowest BCUT2D eigenvalue weighted by molar-refractivity contribution is 0.0598. The topological polar surface area (TPSA) is 51.0 Å². The lowest BCUT2D eigenvalue weighted by atomic mass is 9.97. The third kappa shape index (κ3) is 5.30. The summed E-state index contributed by atoms with van der Waals surface area (Å²) >= 11 is 12.9. The Hall–Kier alpha value is -3.48. The van der Waals surface area contributed by atoms with Crippen molar-refractivity contribution < 1.29 is 9.18 Å². The summed E-state index contributed by atoms with van der Waals surface area (Å²) in [7, 11) is 0. The minimum Gasteiger partial charge on any atom is -0.329 e. The number of piperidine rings is 1. The Bertz CT molecular complexity index is 1570. The van der Waals surface area contributed by atoms with E-state index in [1.807, 2.05) is 33.8 Å². The Labute approximate surface area is 243 Å². The highest BCUT2D eigenvalue weighted by atomic mass is 35.5. The monoisotopic (exact) mass is 574 g/mol. The van der Waals surface area contributed by atoms with Crippen LogP contribution in [0.15, 0.2) is 66.9 Å². The summed E-state index contributed by atoms with van der Waals surface area (Å²) in [5.41, 5.74) is 5.74. The Balaban J connectivity index is 1.51. The number of benzene rings is 2. The fraction of sp³-hybridized carbons (Fsp3) is 0.281. The first kappa shape index (κ1) is 26.7. The number of allylic oxidation sites excluding steroid dienone is 1. The van der Waals surface area contributed by atoms with Crippen molar-refractivity contribution in [1.29, 1.82) is 0 Å². The van der Waals surface area contributed by atoms with Gasteiger partial charge in [-0.1, -0.05) is 41.4 Å². The van der Waals surface area contributed by atoms with Gasteiger partial charge in [-0.25, -0.2) is 9.07 Å². The van der Waals surface area contributed by atoms with Crippen LogP contribution in [0.2, 0.25) is 10.0 Å². The molecule has 0 N–H and O–H groups in total. The van der Waals surface area contributed by atoms with E-state index in [4.69, 9.17) is 28.3 Å². The van der Waals surface area contributed by atoms with Gasteiger partial charge in [0.1, 0.15) is 5.82 Å². The maximum Gasteiger partial charge on any atom is 0.275 e. The molecule has 0 saturated carbocycles. The van der Waals surface area contributed by atoms with Crippen LogP contribution in [0.25, 0.3) is 17.3 Å². The number of carbonyl (C=O) groups excluding carboxylic acids is 1. The number of likely N-dealkylation sites (tertiary alicyclic amines) is 1. The van der Waals surface area contributed by atoms with Gasteiger partial charge in [-0.05, 0) is 105 Å². The molecule has 0 bridgehead atoms. The molecule has 0 spiro atoms. The zero-order chi connectivity index (χ0) is 27.6. The molecular weight excluding hydrogens is 546 g/mol. The minimum absolute atomic E-state index is 0.0847. The highest BCUT2D eigenvalue weighted by molar-refractivity contribution is 6.35. The van der Waals surface area contributed by atoms with E-state index in [2.05, 4.69) is 11.1 Å². The van der Waals surface area contributed by atoms with Crippen LogP contribution in [0.1, 0.15) is 77.6 Å². The Morgan fingerprint density at radius 3 is 2.58 bits per heavy atom. The second-order valence-corrected chi connectivity index (χ2v) is 11.2. The summed E-state index contributed by atoms with van der Waals surface area (Å²) in [6, 6.07) is 17.5. The maximum absolute atomic E-state index is 14.4. The lowest BCUT2D eigenvalue weighted by Gasteiger charge is -2.35. The molecule has 1 aliphatic carbocycles. The first-order chi connectivity index (χ1) is 19.5. The summed E-state index contributed by atoms with van der Waals surface area (Å²) in [6.45, 7) is 0.654. The number of carbonyl (C=O) groups is 1. The van der Waals surface area contributed by atoms with Gasteiger partial charge in [0.2, 0.25) is 0 Å². The molecule has 1 unspecified atom stereocenters. The van der Waals surface area contributed by atoms with Gasteiger partial charge in [0, 0.05) is 23.3 Å². The average Bonchev–Trinajstić information content (AvgIpc) is 3.22.